The van der Waals surface area contributed by atoms with Crippen molar-refractivity contribution in [1.29, 1.82) is 0 Å². The number of nitrogen functional groups attached to an aromatic ring is 1. The minimum atomic E-state index is 0.521. The Morgan fingerprint density at radius 3 is 2.09 bits per heavy atom. The molecule has 0 atom stereocenters. The topological polar surface area (TPSA) is 52.0 Å². The summed E-state index contributed by atoms with van der Waals surface area (Å²) in [5.74, 6) is 0. The molecule has 1 rings (SSSR count). The van der Waals surface area contributed by atoms with Crippen molar-refractivity contribution >= 4 is 5.69 Å². The van der Waals surface area contributed by atoms with Gasteiger partial charge in [0.25, 0.3) is 0 Å². The second-order valence-electron chi connectivity index (χ2n) is 1.90. The SMILES string of the molecule is CC.NCc1ccccc1N. The summed E-state index contributed by atoms with van der Waals surface area (Å²) in [6.45, 7) is 4.52. The van der Waals surface area contributed by atoms with Crippen molar-refractivity contribution in [2.45, 2.75) is 20.4 Å². The van der Waals surface area contributed by atoms with E-state index in [4.69, 9.17) is 11.5 Å². The molecule has 0 saturated heterocycles. The van der Waals surface area contributed by atoms with E-state index in [0.717, 1.165) is 11.3 Å². The summed E-state index contributed by atoms with van der Waals surface area (Å²) >= 11 is 0. The van der Waals surface area contributed by atoms with Crippen molar-refractivity contribution in [2.75, 3.05) is 5.73 Å². The molecule has 0 amide bonds. The van der Waals surface area contributed by atoms with E-state index in [1.165, 1.54) is 0 Å². The van der Waals surface area contributed by atoms with Crippen LogP contribution in [0.25, 0.3) is 0 Å². The fourth-order valence-electron chi connectivity index (χ4n) is 0.720. The Morgan fingerprint density at radius 2 is 1.73 bits per heavy atom. The molecular weight excluding hydrogens is 136 g/mol. The van der Waals surface area contributed by atoms with Crippen LogP contribution in [-0.4, -0.2) is 0 Å². The van der Waals surface area contributed by atoms with Crippen LogP contribution in [0.1, 0.15) is 19.4 Å². The molecule has 1 aromatic rings. The zero-order chi connectivity index (χ0) is 8.69. The molecule has 2 heteroatoms. The maximum atomic E-state index is 5.55. The zero-order valence-electron chi connectivity index (χ0n) is 7.17. The van der Waals surface area contributed by atoms with Gasteiger partial charge >= 0.3 is 0 Å². The Labute approximate surface area is 68.2 Å². The lowest BCUT2D eigenvalue weighted by atomic mass is 10.2. The summed E-state index contributed by atoms with van der Waals surface area (Å²) in [6.07, 6.45) is 0. The van der Waals surface area contributed by atoms with E-state index in [0.29, 0.717) is 6.54 Å². The van der Waals surface area contributed by atoms with Gasteiger partial charge in [-0.1, -0.05) is 32.0 Å². The highest BCUT2D eigenvalue weighted by Gasteiger charge is 1.90. The molecule has 0 radical (unpaired) electrons. The van der Waals surface area contributed by atoms with Gasteiger partial charge in [0.05, 0.1) is 0 Å². The lowest BCUT2D eigenvalue weighted by Gasteiger charge is -1.98. The van der Waals surface area contributed by atoms with Crippen LogP contribution in [0.15, 0.2) is 24.3 Å². The van der Waals surface area contributed by atoms with Crippen molar-refractivity contribution in [3.63, 3.8) is 0 Å². The molecule has 0 spiro atoms. The molecule has 0 bridgehead atoms. The molecule has 0 aliphatic rings. The Balaban J connectivity index is 0.000000461. The van der Waals surface area contributed by atoms with Gasteiger partial charge in [-0.25, -0.2) is 0 Å². The number of hydrogen-bond donors (Lipinski definition) is 2. The standard InChI is InChI=1S/C7H10N2.C2H6/c8-5-6-3-1-2-4-7(6)9;1-2/h1-4H,5,8-9H2;1-2H3. The minimum Gasteiger partial charge on any atom is -0.398 e. The van der Waals surface area contributed by atoms with Crippen LogP contribution in [0.4, 0.5) is 5.69 Å². The number of nitrogens with two attached hydrogens (primary N) is 2. The van der Waals surface area contributed by atoms with Crippen LogP contribution < -0.4 is 11.5 Å². The van der Waals surface area contributed by atoms with Crippen LogP contribution in [0.2, 0.25) is 0 Å². The third kappa shape index (κ3) is 3.05. The second-order valence-corrected chi connectivity index (χ2v) is 1.90. The molecule has 0 aliphatic carbocycles. The lowest BCUT2D eigenvalue weighted by Crippen LogP contribution is -2.00. The summed E-state index contributed by atoms with van der Waals surface area (Å²) in [5, 5.41) is 0. The average molecular weight is 152 g/mol. The highest BCUT2D eigenvalue weighted by Crippen LogP contribution is 2.07. The summed E-state index contributed by atoms with van der Waals surface area (Å²) in [4.78, 5) is 0. The minimum absolute atomic E-state index is 0.521. The van der Waals surface area contributed by atoms with Crippen molar-refractivity contribution in [3.8, 4) is 0 Å². The molecular formula is C9H16N2. The molecule has 2 nitrogen and oxygen atoms in total. The lowest BCUT2D eigenvalue weighted by molar-refractivity contribution is 1.08. The quantitative estimate of drug-likeness (QED) is 0.602. The van der Waals surface area contributed by atoms with Gasteiger partial charge in [0.1, 0.15) is 0 Å². The van der Waals surface area contributed by atoms with Crippen molar-refractivity contribution in [3.05, 3.63) is 29.8 Å². The Bertz CT molecular complexity index is 197. The molecule has 4 N–H and O–H groups in total. The van der Waals surface area contributed by atoms with E-state index >= 15 is 0 Å². The fourth-order valence-corrected chi connectivity index (χ4v) is 0.720. The summed E-state index contributed by atoms with van der Waals surface area (Å²) in [5.41, 5.74) is 12.7. The first-order valence-corrected chi connectivity index (χ1v) is 3.88. The molecule has 0 heterocycles. The van der Waals surface area contributed by atoms with Gasteiger partial charge in [-0.05, 0) is 11.6 Å². The molecule has 0 unspecified atom stereocenters. The Hall–Kier alpha value is -1.02. The largest absolute Gasteiger partial charge is 0.398 e. The smallest absolute Gasteiger partial charge is 0.0359 e. The highest BCUT2D eigenvalue weighted by atomic mass is 14.6. The van der Waals surface area contributed by atoms with Crippen LogP contribution >= 0.6 is 0 Å². The summed E-state index contributed by atoms with van der Waals surface area (Å²) < 4.78 is 0. The van der Waals surface area contributed by atoms with E-state index in [9.17, 15) is 0 Å². The van der Waals surface area contributed by atoms with E-state index in [-0.39, 0.29) is 0 Å². The fraction of sp³-hybridized carbons (Fsp3) is 0.333. The predicted octanol–water partition coefficient (Wildman–Crippen LogP) is 1.75. The first-order valence-electron chi connectivity index (χ1n) is 3.88. The van der Waals surface area contributed by atoms with Gasteiger partial charge in [-0.15, -0.1) is 0 Å². The van der Waals surface area contributed by atoms with Crippen LogP contribution in [0, 0.1) is 0 Å². The van der Waals surface area contributed by atoms with Crippen molar-refractivity contribution in [2.24, 2.45) is 5.73 Å². The predicted molar refractivity (Wildman–Crippen MR) is 50.1 cm³/mol. The molecule has 0 saturated carbocycles. The van der Waals surface area contributed by atoms with Crippen molar-refractivity contribution < 1.29 is 0 Å². The first-order chi connectivity index (χ1) is 5.34. The molecule has 11 heavy (non-hydrogen) atoms. The van der Waals surface area contributed by atoms with Crippen LogP contribution in [0.5, 0.6) is 0 Å². The van der Waals surface area contributed by atoms with Gasteiger partial charge in [-0.3, -0.25) is 0 Å². The van der Waals surface area contributed by atoms with E-state index < -0.39 is 0 Å². The second kappa shape index (κ2) is 5.74. The normalized spacial score (nSPS) is 8.27. The number of para-hydroxylation sites is 1. The van der Waals surface area contributed by atoms with Gasteiger partial charge in [0.15, 0.2) is 0 Å². The maximum absolute atomic E-state index is 5.55. The summed E-state index contributed by atoms with van der Waals surface area (Å²) in [7, 11) is 0. The molecule has 0 aliphatic heterocycles. The zero-order valence-corrected chi connectivity index (χ0v) is 7.17. The first kappa shape index (κ1) is 9.98. The summed E-state index contributed by atoms with van der Waals surface area (Å²) in [6, 6.07) is 7.60. The van der Waals surface area contributed by atoms with Gasteiger partial charge in [-0.2, -0.15) is 0 Å². The van der Waals surface area contributed by atoms with E-state index in [1.807, 2.05) is 38.1 Å². The highest BCUT2D eigenvalue weighted by molar-refractivity contribution is 5.45. The number of anilines is 1. The van der Waals surface area contributed by atoms with Crippen LogP contribution in [0.3, 0.4) is 0 Å². The number of benzene rings is 1. The maximum Gasteiger partial charge on any atom is 0.0359 e. The third-order valence-corrected chi connectivity index (χ3v) is 1.28. The molecule has 0 aromatic heterocycles. The van der Waals surface area contributed by atoms with E-state index in [2.05, 4.69) is 0 Å². The van der Waals surface area contributed by atoms with Crippen LogP contribution in [-0.2, 0) is 6.54 Å². The van der Waals surface area contributed by atoms with Gasteiger partial charge < -0.3 is 11.5 Å². The third-order valence-electron chi connectivity index (χ3n) is 1.28. The number of rotatable bonds is 1. The number of hydrogen-bond acceptors (Lipinski definition) is 2. The average Bonchev–Trinajstić information content (AvgIpc) is 2.09. The van der Waals surface area contributed by atoms with Gasteiger partial charge in [0.2, 0.25) is 0 Å². The van der Waals surface area contributed by atoms with Crippen molar-refractivity contribution in [1.82, 2.24) is 0 Å². The molecule has 62 valence electrons. The molecule has 1 aromatic carbocycles. The van der Waals surface area contributed by atoms with E-state index in [1.54, 1.807) is 0 Å². The van der Waals surface area contributed by atoms with Gasteiger partial charge in [0, 0.05) is 12.2 Å². The Kier molecular flexibility index (Phi) is 5.21. The Morgan fingerprint density at radius 1 is 1.18 bits per heavy atom. The molecule has 0 fully saturated rings. The monoisotopic (exact) mass is 152 g/mol.